The lowest BCUT2D eigenvalue weighted by atomic mass is 10.1. The first kappa shape index (κ1) is 17.5. The molecule has 0 aliphatic heterocycles. The van der Waals surface area contributed by atoms with Crippen LogP contribution in [0.4, 0.5) is 0 Å². The number of nitrogens with zero attached hydrogens (tertiary/aromatic N) is 3. The Bertz CT molecular complexity index is 966. The molecule has 0 spiro atoms. The maximum absolute atomic E-state index is 10.1. The van der Waals surface area contributed by atoms with Crippen LogP contribution in [0.2, 0.25) is 0 Å². The number of rotatable bonds is 5. The molecule has 0 aliphatic carbocycles. The van der Waals surface area contributed by atoms with Gasteiger partial charge in [0.15, 0.2) is 11.5 Å². The summed E-state index contributed by atoms with van der Waals surface area (Å²) in [6, 6.07) is 12.9. The van der Waals surface area contributed by atoms with Crippen LogP contribution in [0, 0.1) is 11.5 Å². The number of aromatic nitrogens is 1. The van der Waals surface area contributed by atoms with Gasteiger partial charge in [0.1, 0.15) is 16.4 Å². The van der Waals surface area contributed by atoms with Crippen LogP contribution in [-0.2, 0) is 0 Å². The van der Waals surface area contributed by atoms with E-state index in [-0.39, 0.29) is 17.2 Å². The lowest BCUT2D eigenvalue weighted by Crippen LogP contribution is -2.05. The van der Waals surface area contributed by atoms with Crippen molar-refractivity contribution in [2.75, 3.05) is 14.2 Å². The van der Waals surface area contributed by atoms with E-state index in [0.717, 1.165) is 10.6 Å². The second-order valence-electron chi connectivity index (χ2n) is 5.19. The van der Waals surface area contributed by atoms with Gasteiger partial charge in [-0.05, 0) is 12.1 Å². The maximum Gasteiger partial charge on any atom is 0.206 e. The lowest BCUT2D eigenvalue weighted by Gasteiger charge is -2.11. The summed E-state index contributed by atoms with van der Waals surface area (Å²) in [6.45, 7) is 0. The predicted octanol–water partition coefficient (Wildman–Crippen LogP) is 3.85. The van der Waals surface area contributed by atoms with Gasteiger partial charge >= 0.3 is 0 Å². The third-order valence-corrected chi connectivity index (χ3v) is 4.57. The van der Waals surface area contributed by atoms with Gasteiger partial charge in [0.2, 0.25) is 11.9 Å². The molecule has 1 heterocycles. The van der Waals surface area contributed by atoms with E-state index in [1.807, 2.05) is 41.9 Å². The molecule has 0 amide bonds. The highest BCUT2D eigenvalue weighted by molar-refractivity contribution is 7.13. The highest BCUT2D eigenvalue weighted by atomic mass is 32.1. The highest BCUT2D eigenvalue weighted by Gasteiger charge is 2.18. The van der Waals surface area contributed by atoms with Gasteiger partial charge < -0.3 is 14.6 Å². The number of thiazole rings is 1. The van der Waals surface area contributed by atoms with E-state index in [4.69, 9.17) is 14.7 Å². The molecule has 0 atom stereocenters. The zero-order valence-corrected chi connectivity index (χ0v) is 14.9. The van der Waals surface area contributed by atoms with Crippen molar-refractivity contribution < 1.29 is 14.6 Å². The molecule has 6 nitrogen and oxygen atoms in total. The minimum Gasteiger partial charge on any atom is -0.502 e. The Kier molecular flexibility index (Phi) is 5.15. The maximum atomic E-state index is 10.1. The zero-order valence-electron chi connectivity index (χ0n) is 14.1. The Morgan fingerprint density at radius 3 is 2.38 bits per heavy atom. The van der Waals surface area contributed by atoms with Crippen molar-refractivity contribution in [3.63, 3.8) is 0 Å². The largest absolute Gasteiger partial charge is 0.502 e. The zero-order chi connectivity index (χ0) is 18.5. The number of hydrogen-bond donors (Lipinski definition) is 1. The number of hydrogen-bond acceptors (Lipinski definition) is 7. The van der Waals surface area contributed by atoms with Crippen LogP contribution in [0.5, 0.6) is 17.2 Å². The van der Waals surface area contributed by atoms with Crippen molar-refractivity contribution in [1.82, 2.24) is 4.98 Å². The summed E-state index contributed by atoms with van der Waals surface area (Å²) in [6.07, 6.45) is 1.81. The number of aromatic hydroxyl groups is 1. The third-order valence-electron chi connectivity index (χ3n) is 3.68. The van der Waals surface area contributed by atoms with Crippen LogP contribution in [0.25, 0.3) is 10.6 Å². The summed E-state index contributed by atoms with van der Waals surface area (Å²) < 4.78 is 10.4. The normalized spacial score (nSPS) is 11.0. The molecular weight excluding hydrogens is 350 g/mol. The third kappa shape index (κ3) is 3.36. The van der Waals surface area contributed by atoms with Gasteiger partial charge in [-0.2, -0.15) is 10.3 Å². The molecule has 2 aromatic carbocycles. The molecule has 0 bridgehead atoms. The van der Waals surface area contributed by atoms with E-state index >= 15 is 0 Å². The molecular formula is C19H15N3O3S. The summed E-state index contributed by atoms with van der Waals surface area (Å²) in [7, 11) is 2.88. The van der Waals surface area contributed by atoms with Crippen LogP contribution >= 0.6 is 11.3 Å². The first-order valence-corrected chi connectivity index (χ1v) is 8.49. The smallest absolute Gasteiger partial charge is 0.206 e. The fraction of sp³-hybridized carbons (Fsp3) is 0.105. The molecule has 130 valence electrons. The average molecular weight is 365 g/mol. The molecule has 1 N–H and O–H groups in total. The first-order chi connectivity index (χ1) is 12.7. The number of phenols is 1. The Morgan fingerprint density at radius 2 is 1.81 bits per heavy atom. The Labute approximate surface area is 154 Å². The van der Waals surface area contributed by atoms with Gasteiger partial charge in [-0.3, -0.25) is 0 Å². The number of benzene rings is 2. The van der Waals surface area contributed by atoms with E-state index < -0.39 is 0 Å². The predicted molar refractivity (Wildman–Crippen MR) is 100 cm³/mol. The molecule has 0 radical (unpaired) electrons. The van der Waals surface area contributed by atoms with Gasteiger partial charge in [-0.15, -0.1) is 11.3 Å². The van der Waals surface area contributed by atoms with Crippen LogP contribution in [0.3, 0.4) is 0 Å². The molecule has 3 aromatic rings. The molecule has 0 unspecified atom stereocenters. The molecule has 1 aromatic heterocycles. The minimum absolute atomic E-state index is 0.113. The standard InChI is InChI=1S/C19H15N3O3S/c1-24-15-8-13(9-16(25-2)18(15)23)17(21-11-20)14-10-26-19(22-14)12-6-4-3-5-7-12/h3-10,23H,1-2H3/b21-17+. The van der Waals surface area contributed by atoms with Gasteiger partial charge in [0.25, 0.3) is 0 Å². The summed E-state index contributed by atoms with van der Waals surface area (Å²) >= 11 is 1.46. The number of ether oxygens (including phenoxy) is 2. The van der Waals surface area contributed by atoms with Gasteiger partial charge in [0.05, 0.1) is 14.2 Å². The molecule has 0 fully saturated rings. The summed E-state index contributed by atoms with van der Waals surface area (Å²) in [5.41, 5.74) is 2.48. The van der Waals surface area contributed by atoms with E-state index in [1.165, 1.54) is 25.6 Å². The van der Waals surface area contributed by atoms with Crippen molar-refractivity contribution >= 4 is 17.0 Å². The van der Waals surface area contributed by atoms with E-state index in [1.54, 1.807) is 12.1 Å². The molecule has 26 heavy (non-hydrogen) atoms. The Hall–Kier alpha value is -3.37. The molecule has 0 saturated heterocycles. The average Bonchev–Trinajstić information content (AvgIpc) is 3.17. The van der Waals surface area contributed by atoms with E-state index in [2.05, 4.69) is 9.98 Å². The summed E-state index contributed by atoms with van der Waals surface area (Å²) in [4.78, 5) is 8.53. The topological polar surface area (TPSA) is 87.7 Å². The monoisotopic (exact) mass is 365 g/mol. The van der Waals surface area contributed by atoms with Gasteiger partial charge in [-0.25, -0.2) is 4.98 Å². The number of aliphatic imine (C=N–C) groups is 1. The second-order valence-corrected chi connectivity index (χ2v) is 6.05. The Balaban J connectivity index is 2.09. The highest BCUT2D eigenvalue weighted by Crippen LogP contribution is 2.38. The van der Waals surface area contributed by atoms with Crippen LogP contribution in [0.1, 0.15) is 11.3 Å². The van der Waals surface area contributed by atoms with Crippen LogP contribution < -0.4 is 9.47 Å². The minimum atomic E-state index is -0.113. The van der Waals surface area contributed by atoms with Crippen LogP contribution in [-0.4, -0.2) is 30.0 Å². The molecule has 3 rings (SSSR count). The quantitative estimate of drug-likeness (QED) is 0.548. The van der Waals surface area contributed by atoms with Crippen molar-refractivity contribution in [2.45, 2.75) is 0 Å². The second kappa shape index (κ2) is 7.68. The van der Waals surface area contributed by atoms with Gasteiger partial charge in [-0.1, -0.05) is 30.3 Å². The lowest BCUT2D eigenvalue weighted by molar-refractivity contribution is 0.340. The molecule has 0 aliphatic rings. The fourth-order valence-corrected chi connectivity index (χ4v) is 3.26. The summed E-state index contributed by atoms with van der Waals surface area (Å²) in [5.74, 6) is 0.338. The van der Waals surface area contributed by atoms with E-state index in [9.17, 15) is 5.11 Å². The fourth-order valence-electron chi connectivity index (χ4n) is 2.45. The number of phenolic OH excluding ortho intramolecular Hbond substituents is 1. The Morgan fingerprint density at radius 1 is 1.15 bits per heavy atom. The number of methoxy groups -OCH3 is 2. The van der Waals surface area contributed by atoms with Crippen LogP contribution in [0.15, 0.2) is 52.8 Å². The van der Waals surface area contributed by atoms with Crippen molar-refractivity contribution in [1.29, 1.82) is 5.26 Å². The van der Waals surface area contributed by atoms with Gasteiger partial charge in [0, 0.05) is 16.5 Å². The van der Waals surface area contributed by atoms with Crippen molar-refractivity contribution in [2.24, 2.45) is 4.99 Å². The SMILES string of the molecule is COc1cc(/C(=N\C#N)c2csc(-c3ccccc3)n2)cc(OC)c1O. The van der Waals surface area contributed by atoms with Crippen molar-refractivity contribution in [3.8, 4) is 34.0 Å². The summed E-state index contributed by atoms with van der Waals surface area (Å²) in [5, 5.41) is 21.9. The first-order valence-electron chi connectivity index (χ1n) is 7.61. The molecule has 7 heteroatoms. The van der Waals surface area contributed by atoms with Crippen molar-refractivity contribution in [3.05, 3.63) is 59.1 Å². The molecule has 0 saturated carbocycles. The number of nitriles is 1. The van der Waals surface area contributed by atoms with E-state index in [0.29, 0.717) is 17.0 Å².